The quantitative estimate of drug-likeness (QED) is 0.133. The highest BCUT2D eigenvalue weighted by Gasteiger charge is 2.21. The number of anilines is 3. The molecule has 2 heteroatoms. The lowest BCUT2D eigenvalue weighted by atomic mass is 9.84. The average Bonchev–Trinajstić information content (AvgIpc) is 3.81. The zero-order valence-electron chi connectivity index (χ0n) is 39.6. The Morgan fingerprint density at radius 1 is 0.250 bits per heavy atom. The Hall–Kier alpha value is -9.50. The van der Waals surface area contributed by atoms with Gasteiger partial charge in [0.1, 0.15) is 0 Å². The molecular formula is C70H48N2. The number of hydrogen-bond donors (Lipinski definition) is 0. The molecule has 72 heavy (non-hydrogen) atoms. The molecule has 0 amide bonds. The van der Waals surface area contributed by atoms with Crippen molar-refractivity contribution in [1.82, 2.24) is 4.57 Å². The summed E-state index contributed by atoms with van der Waals surface area (Å²) in [4.78, 5) is 2.40. The zero-order chi connectivity index (χ0) is 47.8. The van der Waals surface area contributed by atoms with E-state index >= 15 is 0 Å². The van der Waals surface area contributed by atoms with Crippen LogP contribution in [0.2, 0.25) is 0 Å². The van der Waals surface area contributed by atoms with Gasteiger partial charge in [0, 0.05) is 33.5 Å². The minimum atomic E-state index is 1.07. The Labute approximate surface area is 420 Å². The number of hydrogen-bond acceptors (Lipinski definition) is 1. The van der Waals surface area contributed by atoms with Crippen molar-refractivity contribution < 1.29 is 0 Å². The summed E-state index contributed by atoms with van der Waals surface area (Å²) in [5, 5.41) is 4.95. The molecule has 0 aliphatic heterocycles. The first kappa shape index (κ1) is 42.6. The molecule has 338 valence electrons. The Bertz CT molecular complexity index is 4060. The van der Waals surface area contributed by atoms with Crippen LogP contribution in [0.4, 0.5) is 17.1 Å². The predicted octanol–water partition coefficient (Wildman–Crippen LogP) is 19.4. The second-order valence-corrected chi connectivity index (χ2v) is 18.4. The molecule has 0 saturated carbocycles. The summed E-state index contributed by atoms with van der Waals surface area (Å²) in [7, 11) is 0. The van der Waals surface area contributed by atoms with Crippen LogP contribution in [0, 0.1) is 0 Å². The number of aromatic nitrogens is 1. The van der Waals surface area contributed by atoms with Crippen LogP contribution in [-0.2, 0) is 0 Å². The highest BCUT2D eigenvalue weighted by molar-refractivity contribution is 6.16. The third kappa shape index (κ3) is 7.73. The molecule has 0 radical (unpaired) electrons. The van der Waals surface area contributed by atoms with E-state index in [0.29, 0.717) is 0 Å². The number of benzene rings is 12. The Balaban J connectivity index is 0.959. The first-order valence-electron chi connectivity index (χ1n) is 24.7. The molecule has 0 bridgehead atoms. The van der Waals surface area contributed by atoms with Crippen molar-refractivity contribution in [2.75, 3.05) is 4.90 Å². The van der Waals surface area contributed by atoms with Crippen molar-refractivity contribution in [2.24, 2.45) is 0 Å². The predicted molar refractivity (Wildman–Crippen MR) is 306 cm³/mol. The van der Waals surface area contributed by atoms with Crippen LogP contribution in [-0.4, -0.2) is 4.57 Å². The van der Waals surface area contributed by atoms with E-state index in [9.17, 15) is 0 Å². The number of rotatable bonds is 10. The molecule has 12 aromatic carbocycles. The van der Waals surface area contributed by atoms with Crippen LogP contribution in [0.3, 0.4) is 0 Å². The van der Waals surface area contributed by atoms with Gasteiger partial charge >= 0.3 is 0 Å². The van der Waals surface area contributed by atoms with Gasteiger partial charge in [0.25, 0.3) is 0 Å². The standard InChI is InChI=1S/C70H48N2/c1-4-20-51(21-5-1)61-29-12-13-30-65(61)69-62(52-22-6-2-7-23-52)32-17-33-63(69)53-41-45-59(46-42-53)71(58-43-39-50(40-44-58)55-38-37-49-19-10-11-24-54(49)47-55)60-28-16-25-56(48-60)64-34-18-36-68-70(64)66-31-14-15-35-67(66)72(68)57-26-8-3-9-27-57/h1-48H. The smallest absolute Gasteiger partial charge is 0.0547 e. The lowest BCUT2D eigenvalue weighted by molar-refractivity contribution is 1.18. The Morgan fingerprint density at radius 3 is 1.46 bits per heavy atom. The number of nitrogens with zero attached hydrogens (tertiary/aromatic N) is 2. The molecule has 0 atom stereocenters. The van der Waals surface area contributed by atoms with Gasteiger partial charge in [-0.2, -0.15) is 0 Å². The van der Waals surface area contributed by atoms with Crippen molar-refractivity contribution >= 4 is 49.6 Å². The monoisotopic (exact) mass is 916 g/mol. The summed E-state index contributed by atoms with van der Waals surface area (Å²) < 4.78 is 2.39. The topological polar surface area (TPSA) is 8.17 Å². The molecule has 1 heterocycles. The molecule has 13 aromatic rings. The van der Waals surface area contributed by atoms with Gasteiger partial charge in [-0.15, -0.1) is 0 Å². The van der Waals surface area contributed by atoms with E-state index in [4.69, 9.17) is 0 Å². The summed E-state index contributed by atoms with van der Waals surface area (Å²) in [5.41, 5.74) is 21.0. The van der Waals surface area contributed by atoms with E-state index in [1.54, 1.807) is 0 Å². The Morgan fingerprint density at radius 2 is 0.736 bits per heavy atom. The van der Waals surface area contributed by atoms with Gasteiger partial charge < -0.3 is 9.47 Å². The van der Waals surface area contributed by atoms with Crippen molar-refractivity contribution in [3.63, 3.8) is 0 Å². The van der Waals surface area contributed by atoms with Crippen molar-refractivity contribution in [3.8, 4) is 72.4 Å². The van der Waals surface area contributed by atoms with Gasteiger partial charge in [0.05, 0.1) is 11.0 Å². The van der Waals surface area contributed by atoms with E-state index in [2.05, 4.69) is 301 Å². The van der Waals surface area contributed by atoms with Gasteiger partial charge in [0.15, 0.2) is 0 Å². The maximum atomic E-state index is 2.40. The van der Waals surface area contributed by atoms with Crippen LogP contribution < -0.4 is 4.90 Å². The summed E-state index contributed by atoms with van der Waals surface area (Å²) in [6.07, 6.45) is 0. The molecule has 0 aliphatic rings. The van der Waals surface area contributed by atoms with Crippen LogP contribution in [0.15, 0.2) is 291 Å². The molecule has 2 nitrogen and oxygen atoms in total. The van der Waals surface area contributed by atoms with Gasteiger partial charge in [-0.25, -0.2) is 0 Å². The number of fused-ring (bicyclic) bond motifs is 4. The lowest BCUT2D eigenvalue weighted by Gasteiger charge is -2.27. The highest BCUT2D eigenvalue weighted by atomic mass is 15.1. The summed E-state index contributed by atoms with van der Waals surface area (Å²) in [6.45, 7) is 0. The minimum Gasteiger partial charge on any atom is -0.310 e. The molecule has 0 fully saturated rings. The molecule has 13 rings (SSSR count). The molecular weight excluding hydrogens is 869 g/mol. The maximum absolute atomic E-state index is 2.40. The third-order valence-corrected chi connectivity index (χ3v) is 14.2. The first-order valence-corrected chi connectivity index (χ1v) is 24.7. The Kier molecular flexibility index (Phi) is 10.9. The fourth-order valence-electron chi connectivity index (χ4n) is 10.8. The van der Waals surface area contributed by atoms with Gasteiger partial charge in [-0.05, 0) is 144 Å². The van der Waals surface area contributed by atoms with E-state index in [1.807, 2.05) is 0 Å². The van der Waals surface area contributed by atoms with E-state index in [-0.39, 0.29) is 0 Å². The highest BCUT2D eigenvalue weighted by Crippen LogP contribution is 2.46. The maximum Gasteiger partial charge on any atom is 0.0547 e. The van der Waals surface area contributed by atoms with Gasteiger partial charge in [0.2, 0.25) is 0 Å². The van der Waals surface area contributed by atoms with Crippen LogP contribution >= 0.6 is 0 Å². The van der Waals surface area contributed by atoms with Crippen LogP contribution in [0.5, 0.6) is 0 Å². The zero-order valence-corrected chi connectivity index (χ0v) is 39.6. The summed E-state index contributed by atoms with van der Waals surface area (Å²) in [5.74, 6) is 0. The van der Waals surface area contributed by atoms with Crippen molar-refractivity contribution in [1.29, 1.82) is 0 Å². The molecule has 0 spiro atoms. The summed E-state index contributed by atoms with van der Waals surface area (Å²) in [6, 6.07) is 106. The van der Waals surface area contributed by atoms with Crippen LogP contribution in [0.1, 0.15) is 0 Å². The lowest BCUT2D eigenvalue weighted by Crippen LogP contribution is -2.10. The average molecular weight is 917 g/mol. The van der Waals surface area contributed by atoms with Crippen molar-refractivity contribution in [2.45, 2.75) is 0 Å². The number of para-hydroxylation sites is 2. The molecule has 0 aliphatic carbocycles. The molecule has 0 unspecified atom stereocenters. The van der Waals surface area contributed by atoms with E-state index < -0.39 is 0 Å². The second-order valence-electron chi connectivity index (χ2n) is 18.4. The molecule has 0 saturated heterocycles. The van der Waals surface area contributed by atoms with Gasteiger partial charge in [-0.1, -0.05) is 224 Å². The fraction of sp³-hybridized carbons (Fsp3) is 0. The fourth-order valence-corrected chi connectivity index (χ4v) is 10.8. The van der Waals surface area contributed by atoms with E-state index in [0.717, 1.165) is 33.9 Å². The SMILES string of the molecule is c1ccc(-c2ccccc2-c2c(-c3ccccc3)cccc2-c2ccc(N(c3ccc(-c4ccc5ccccc5c4)cc3)c3cccc(-c4cccc5c4c4ccccc4n5-c4ccccc4)c3)cc2)cc1. The van der Waals surface area contributed by atoms with E-state index in [1.165, 1.54) is 88.2 Å². The largest absolute Gasteiger partial charge is 0.310 e. The van der Waals surface area contributed by atoms with Crippen molar-refractivity contribution in [3.05, 3.63) is 291 Å². The second kappa shape index (κ2) is 18.4. The first-order chi connectivity index (χ1) is 35.7. The normalized spacial score (nSPS) is 11.3. The summed E-state index contributed by atoms with van der Waals surface area (Å²) >= 11 is 0. The molecule has 1 aromatic heterocycles. The van der Waals surface area contributed by atoms with Crippen LogP contribution in [0.25, 0.3) is 105 Å². The molecule has 0 N–H and O–H groups in total. The van der Waals surface area contributed by atoms with Gasteiger partial charge in [-0.3, -0.25) is 0 Å². The third-order valence-electron chi connectivity index (χ3n) is 14.2. The minimum absolute atomic E-state index is 1.07.